The van der Waals surface area contributed by atoms with Gasteiger partial charge in [0.1, 0.15) is 29.2 Å². The van der Waals surface area contributed by atoms with E-state index in [9.17, 15) is 9.90 Å². The summed E-state index contributed by atoms with van der Waals surface area (Å²) in [5, 5.41) is 15.5. The Bertz CT molecular complexity index is 1380. The molecule has 1 fully saturated rings. The monoisotopic (exact) mass is 483 g/mol. The van der Waals surface area contributed by atoms with Crippen molar-refractivity contribution in [1.82, 2.24) is 9.97 Å². The number of ether oxygens (including phenoxy) is 2. The fourth-order valence-electron chi connectivity index (χ4n) is 4.47. The maximum absolute atomic E-state index is 11.9. The molecule has 0 aliphatic heterocycles. The summed E-state index contributed by atoms with van der Waals surface area (Å²) < 4.78 is 12.0. The van der Waals surface area contributed by atoms with Gasteiger partial charge in [-0.05, 0) is 61.6 Å². The molecule has 1 heterocycles. The predicted molar refractivity (Wildman–Crippen MR) is 140 cm³/mol. The number of carboxylic acid groups (broad SMARTS) is 1. The molecule has 3 aromatic carbocycles. The number of fused-ring (bicyclic) bond motifs is 1. The van der Waals surface area contributed by atoms with Gasteiger partial charge in [-0.3, -0.25) is 0 Å². The van der Waals surface area contributed by atoms with Crippen molar-refractivity contribution in [2.24, 2.45) is 0 Å². The lowest BCUT2D eigenvalue weighted by atomic mass is 9.95. The number of hydrogen-bond acceptors (Lipinski definition) is 6. The summed E-state index contributed by atoms with van der Waals surface area (Å²) in [7, 11) is 0. The molecule has 184 valence electrons. The van der Waals surface area contributed by atoms with Crippen LogP contribution in [0.15, 0.2) is 67.0 Å². The Kier molecular flexibility index (Phi) is 6.98. The fourth-order valence-corrected chi connectivity index (χ4v) is 4.47. The van der Waals surface area contributed by atoms with Crippen molar-refractivity contribution in [2.75, 3.05) is 18.5 Å². The van der Waals surface area contributed by atoms with Crippen molar-refractivity contribution in [3.63, 3.8) is 0 Å². The number of benzene rings is 3. The third-order valence-electron chi connectivity index (χ3n) is 6.50. The smallest absolute Gasteiger partial charge is 0.339 e. The lowest BCUT2D eigenvalue weighted by Crippen LogP contribution is -2.25. The molecule has 0 atom stereocenters. The van der Waals surface area contributed by atoms with E-state index in [1.54, 1.807) is 12.1 Å². The standard InChI is InChI=1S/C29H29N3O4/c1-2-35-26-14-13-19-7-3-4-10-21(19)22(26)15-16-30-27-17-25(31-18-32-27)23-11-6-12-24(29(33)34)28(23)36-20-8-5-9-20/h3-4,6-7,10-14,17-18,20H,2,5,8-9,15-16H2,1H3,(H,33,34)(H,30,31,32). The van der Waals surface area contributed by atoms with E-state index in [0.29, 0.717) is 36.0 Å². The molecule has 7 nitrogen and oxygen atoms in total. The van der Waals surface area contributed by atoms with Crippen molar-refractivity contribution in [1.29, 1.82) is 0 Å². The first-order valence-electron chi connectivity index (χ1n) is 12.4. The Labute approximate surface area is 210 Å². The van der Waals surface area contributed by atoms with Crippen LogP contribution in [0.1, 0.15) is 42.1 Å². The van der Waals surface area contributed by atoms with Crippen LogP contribution in [0.3, 0.4) is 0 Å². The van der Waals surface area contributed by atoms with Crippen LogP contribution in [0.2, 0.25) is 0 Å². The van der Waals surface area contributed by atoms with Crippen molar-refractivity contribution < 1.29 is 19.4 Å². The molecule has 1 aliphatic carbocycles. The fraction of sp³-hybridized carbons (Fsp3) is 0.276. The second-order valence-electron chi connectivity index (χ2n) is 8.82. The third-order valence-corrected chi connectivity index (χ3v) is 6.50. The quantitative estimate of drug-likeness (QED) is 0.287. The summed E-state index contributed by atoms with van der Waals surface area (Å²) in [6.07, 6.45) is 5.24. The first-order chi connectivity index (χ1) is 17.6. The molecule has 0 unspecified atom stereocenters. The molecule has 2 N–H and O–H groups in total. The highest BCUT2D eigenvalue weighted by Gasteiger charge is 2.25. The van der Waals surface area contributed by atoms with E-state index >= 15 is 0 Å². The maximum atomic E-state index is 11.9. The molecular weight excluding hydrogens is 454 g/mol. The molecule has 1 aliphatic rings. The number of anilines is 1. The van der Waals surface area contributed by atoms with Crippen LogP contribution in [0.25, 0.3) is 22.0 Å². The second-order valence-corrected chi connectivity index (χ2v) is 8.82. The first-order valence-corrected chi connectivity index (χ1v) is 12.4. The zero-order valence-corrected chi connectivity index (χ0v) is 20.2. The minimum Gasteiger partial charge on any atom is -0.494 e. The van der Waals surface area contributed by atoms with Crippen LogP contribution in [0.5, 0.6) is 11.5 Å². The number of nitrogens with zero attached hydrogens (tertiary/aromatic N) is 2. The van der Waals surface area contributed by atoms with E-state index in [2.05, 4.69) is 33.5 Å². The van der Waals surface area contributed by atoms with Gasteiger partial charge in [0.15, 0.2) is 0 Å². The zero-order chi connectivity index (χ0) is 24.9. The van der Waals surface area contributed by atoms with Crippen LogP contribution in [0.4, 0.5) is 5.82 Å². The topological polar surface area (TPSA) is 93.6 Å². The zero-order valence-electron chi connectivity index (χ0n) is 20.2. The Morgan fingerprint density at radius 2 is 1.94 bits per heavy atom. The molecule has 5 rings (SSSR count). The summed E-state index contributed by atoms with van der Waals surface area (Å²) >= 11 is 0. The average molecular weight is 484 g/mol. The SMILES string of the molecule is CCOc1ccc2ccccc2c1CCNc1cc(-c2cccc(C(=O)O)c2OC2CCC2)ncn1. The number of hydrogen-bond donors (Lipinski definition) is 2. The Hall–Kier alpha value is -4.13. The molecule has 0 amide bonds. The number of para-hydroxylation sites is 1. The first kappa shape index (κ1) is 23.6. The van der Waals surface area contributed by atoms with Gasteiger partial charge in [0, 0.05) is 23.7 Å². The molecule has 0 saturated heterocycles. The lowest BCUT2D eigenvalue weighted by Gasteiger charge is -2.28. The van der Waals surface area contributed by atoms with E-state index in [1.807, 2.05) is 37.3 Å². The van der Waals surface area contributed by atoms with E-state index in [-0.39, 0.29) is 11.7 Å². The average Bonchev–Trinajstić information content (AvgIpc) is 2.87. The minimum atomic E-state index is -1.02. The van der Waals surface area contributed by atoms with Gasteiger partial charge < -0.3 is 19.9 Å². The van der Waals surface area contributed by atoms with Crippen molar-refractivity contribution >= 4 is 22.6 Å². The van der Waals surface area contributed by atoms with Gasteiger partial charge in [0.2, 0.25) is 0 Å². The highest BCUT2D eigenvalue weighted by molar-refractivity contribution is 5.94. The van der Waals surface area contributed by atoms with E-state index in [1.165, 1.54) is 17.1 Å². The van der Waals surface area contributed by atoms with Gasteiger partial charge in [-0.15, -0.1) is 0 Å². The Morgan fingerprint density at radius 1 is 1.08 bits per heavy atom. The highest BCUT2D eigenvalue weighted by Crippen LogP contribution is 2.36. The van der Waals surface area contributed by atoms with Crippen LogP contribution in [-0.2, 0) is 6.42 Å². The van der Waals surface area contributed by atoms with Crippen molar-refractivity contribution in [2.45, 2.75) is 38.7 Å². The van der Waals surface area contributed by atoms with Gasteiger partial charge in [-0.1, -0.05) is 36.4 Å². The van der Waals surface area contributed by atoms with Crippen LogP contribution in [-0.4, -0.2) is 40.3 Å². The summed E-state index contributed by atoms with van der Waals surface area (Å²) in [6.45, 7) is 3.24. The van der Waals surface area contributed by atoms with Gasteiger partial charge >= 0.3 is 5.97 Å². The highest BCUT2D eigenvalue weighted by atomic mass is 16.5. The summed E-state index contributed by atoms with van der Waals surface area (Å²) in [4.78, 5) is 20.7. The summed E-state index contributed by atoms with van der Waals surface area (Å²) in [5.74, 6) is 0.911. The molecule has 0 radical (unpaired) electrons. The number of aromatic carboxylic acids is 1. The Balaban J connectivity index is 1.38. The molecule has 1 saturated carbocycles. The maximum Gasteiger partial charge on any atom is 0.339 e. The number of rotatable bonds is 10. The molecule has 1 aromatic heterocycles. The van der Waals surface area contributed by atoms with Gasteiger partial charge in [-0.25, -0.2) is 14.8 Å². The molecule has 0 spiro atoms. The van der Waals surface area contributed by atoms with Crippen LogP contribution >= 0.6 is 0 Å². The van der Waals surface area contributed by atoms with Crippen LogP contribution < -0.4 is 14.8 Å². The predicted octanol–water partition coefficient (Wildman–Crippen LogP) is 5.98. The number of nitrogens with one attached hydrogen (secondary N) is 1. The Morgan fingerprint density at radius 3 is 2.72 bits per heavy atom. The molecule has 7 heteroatoms. The number of carbonyl (C=O) groups is 1. The summed E-state index contributed by atoms with van der Waals surface area (Å²) in [5.41, 5.74) is 2.57. The van der Waals surface area contributed by atoms with Crippen molar-refractivity contribution in [3.05, 3.63) is 78.1 Å². The largest absolute Gasteiger partial charge is 0.494 e. The number of carboxylic acids is 1. The number of aromatic nitrogens is 2. The summed E-state index contributed by atoms with van der Waals surface area (Å²) in [6, 6.07) is 19.4. The van der Waals surface area contributed by atoms with Gasteiger partial charge in [0.05, 0.1) is 18.4 Å². The molecule has 36 heavy (non-hydrogen) atoms. The minimum absolute atomic E-state index is 0.0453. The molecule has 0 bridgehead atoms. The van der Waals surface area contributed by atoms with Crippen molar-refractivity contribution in [3.8, 4) is 22.8 Å². The normalized spacial score (nSPS) is 13.2. The molecular formula is C29H29N3O4. The lowest BCUT2D eigenvalue weighted by molar-refractivity contribution is 0.0680. The van der Waals surface area contributed by atoms with Gasteiger partial charge in [0.25, 0.3) is 0 Å². The molecule has 4 aromatic rings. The third kappa shape index (κ3) is 4.96. The van der Waals surface area contributed by atoms with Gasteiger partial charge in [-0.2, -0.15) is 0 Å². The van der Waals surface area contributed by atoms with E-state index in [4.69, 9.17) is 9.47 Å². The van der Waals surface area contributed by atoms with E-state index < -0.39 is 5.97 Å². The van der Waals surface area contributed by atoms with E-state index in [0.717, 1.165) is 37.0 Å². The van der Waals surface area contributed by atoms with Crippen LogP contribution in [0, 0.1) is 0 Å². The second kappa shape index (κ2) is 10.6.